The van der Waals surface area contributed by atoms with E-state index in [4.69, 9.17) is 23.2 Å². The molecule has 0 bridgehead atoms. The maximum atomic E-state index is 12.3. The van der Waals surface area contributed by atoms with Crippen molar-refractivity contribution in [3.05, 3.63) is 56.2 Å². The molecule has 1 atom stereocenters. The zero-order chi connectivity index (χ0) is 14.7. The number of benzene rings is 1. The van der Waals surface area contributed by atoms with Gasteiger partial charge < -0.3 is 4.90 Å². The number of hydrogen-bond acceptors (Lipinski definition) is 2. The van der Waals surface area contributed by atoms with E-state index in [-0.39, 0.29) is 11.9 Å². The highest BCUT2D eigenvalue weighted by Gasteiger charge is 2.20. The van der Waals surface area contributed by atoms with Crippen LogP contribution in [0.2, 0.25) is 10.0 Å². The molecule has 1 aromatic heterocycles. The van der Waals surface area contributed by atoms with Crippen LogP contribution in [0.1, 0.15) is 23.4 Å². The highest BCUT2D eigenvalue weighted by Crippen LogP contribution is 2.29. The van der Waals surface area contributed by atoms with Crippen molar-refractivity contribution in [3.8, 4) is 0 Å². The number of likely N-dealkylation sites (N-methyl/N-ethyl adjacent to an activating group) is 1. The lowest BCUT2D eigenvalue weighted by molar-refractivity contribution is -0.131. The lowest BCUT2D eigenvalue weighted by atomic mass is 10.1. The molecule has 2 aromatic rings. The number of amides is 1. The van der Waals surface area contributed by atoms with Gasteiger partial charge in [0.25, 0.3) is 0 Å². The van der Waals surface area contributed by atoms with E-state index in [2.05, 4.69) is 0 Å². The summed E-state index contributed by atoms with van der Waals surface area (Å²) in [4.78, 5) is 15.0. The summed E-state index contributed by atoms with van der Waals surface area (Å²) < 4.78 is 0. The minimum absolute atomic E-state index is 0.0750. The second-order valence-corrected chi connectivity index (χ2v) is 6.48. The second kappa shape index (κ2) is 6.61. The van der Waals surface area contributed by atoms with Crippen LogP contribution in [0.3, 0.4) is 0 Å². The van der Waals surface area contributed by atoms with Gasteiger partial charge in [0.05, 0.1) is 12.5 Å². The van der Waals surface area contributed by atoms with Crippen molar-refractivity contribution >= 4 is 40.4 Å². The molecule has 106 valence electrons. The molecule has 20 heavy (non-hydrogen) atoms. The van der Waals surface area contributed by atoms with E-state index in [0.717, 1.165) is 10.4 Å². The Kier molecular flexibility index (Phi) is 5.08. The minimum atomic E-state index is -0.0905. The molecular formula is C15H15Cl2NOS. The Hall–Kier alpha value is -1.03. The SMILES string of the molecule is CC(c1ccc(Cl)cc1Cl)N(C)C(=O)Cc1cccs1. The largest absolute Gasteiger partial charge is 0.339 e. The molecule has 1 unspecified atom stereocenters. The monoisotopic (exact) mass is 327 g/mol. The smallest absolute Gasteiger partial charge is 0.228 e. The molecule has 1 amide bonds. The zero-order valence-electron chi connectivity index (χ0n) is 11.3. The molecule has 0 N–H and O–H groups in total. The first-order chi connectivity index (χ1) is 9.49. The summed E-state index contributed by atoms with van der Waals surface area (Å²) in [6.07, 6.45) is 0.420. The summed E-state index contributed by atoms with van der Waals surface area (Å²) in [5.74, 6) is 0.0750. The Morgan fingerprint density at radius 3 is 2.70 bits per heavy atom. The summed E-state index contributed by atoms with van der Waals surface area (Å²) in [6, 6.07) is 9.18. The normalized spacial score (nSPS) is 12.2. The first kappa shape index (κ1) is 15.4. The number of nitrogens with zero attached hydrogens (tertiary/aromatic N) is 1. The molecule has 0 fully saturated rings. The van der Waals surface area contributed by atoms with Gasteiger partial charge in [-0.1, -0.05) is 35.3 Å². The lowest BCUT2D eigenvalue weighted by Crippen LogP contribution is -2.30. The fraction of sp³-hybridized carbons (Fsp3) is 0.267. The van der Waals surface area contributed by atoms with Crippen LogP contribution in [0.25, 0.3) is 0 Å². The van der Waals surface area contributed by atoms with Gasteiger partial charge in [-0.05, 0) is 36.1 Å². The van der Waals surface area contributed by atoms with E-state index in [9.17, 15) is 4.79 Å². The minimum Gasteiger partial charge on any atom is -0.339 e. The van der Waals surface area contributed by atoms with Crippen LogP contribution in [0.4, 0.5) is 0 Å². The van der Waals surface area contributed by atoms with E-state index in [1.54, 1.807) is 35.4 Å². The van der Waals surface area contributed by atoms with Crippen LogP contribution in [-0.2, 0) is 11.2 Å². The van der Waals surface area contributed by atoms with Crippen molar-refractivity contribution in [1.29, 1.82) is 0 Å². The summed E-state index contributed by atoms with van der Waals surface area (Å²) in [5, 5.41) is 3.15. The third-order valence-corrected chi connectivity index (χ3v) is 4.73. The maximum absolute atomic E-state index is 12.3. The van der Waals surface area contributed by atoms with Crippen molar-refractivity contribution in [2.45, 2.75) is 19.4 Å². The van der Waals surface area contributed by atoms with Gasteiger partial charge in [-0.15, -0.1) is 11.3 Å². The van der Waals surface area contributed by atoms with E-state index in [1.165, 1.54) is 0 Å². The number of halogens is 2. The predicted octanol–water partition coefficient (Wildman–Crippen LogP) is 4.82. The fourth-order valence-corrected chi connectivity index (χ4v) is 3.21. The first-order valence-electron chi connectivity index (χ1n) is 6.22. The summed E-state index contributed by atoms with van der Waals surface area (Å²) in [6.45, 7) is 1.96. The van der Waals surface area contributed by atoms with Crippen LogP contribution in [0.5, 0.6) is 0 Å². The highest BCUT2D eigenvalue weighted by molar-refractivity contribution is 7.10. The third-order valence-electron chi connectivity index (χ3n) is 3.29. The summed E-state index contributed by atoms with van der Waals surface area (Å²) in [5.41, 5.74) is 0.901. The van der Waals surface area contributed by atoms with Crippen molar-refractivity contribution in [2.24, 2.45) is 0 Å². The molecule has 5 heteroatoms. The number of carbonyl (C=O) groups is 1. The van der Waals surface area contributed by atoms with Gasteiger partial charge in [0.1, 0.15) is 0 Å². The van der Waals surface area contributed by atoms with Gasteiger partial charge in [-0.2, -0.15) is 0 Å². The molecule has 1 aromatic carbocycles. The van der Waals surface area contributed by atoms with Gasteiger partial charge in [0.15, 0.2) is 0 Å². The molecule has 0 saturated carbocycles. The van der Waals surface area contributed by atoms with Crippen LogP contribution in [-0.4, -0.2) is 17.9 Å². The Morgan fingerprint density at radius 1 is 1.35 bits per heavy atom. The van der Waals surface area contributed by atoms with Gasteiger partial charge in [-0.3, -0.25) is 4.79 Å². The van der Waals surface area contributed by atoms with E-state index >= 15 is 0 Å². The number of rotatable bonds is 4. The van der Waals surface area contributed by atoms with Crippen LogP contribution < -0.4 is 0 Å². The maximum Gasteiger partial charge on any atom is 0.228 e. The molecule has 0 spiro atoms. The van der Waals surface area contributed by atoms with Gasteiger partial charge in [-0.25, -0.2) is 0 Å². The van der Waals surface area contributed by atoms with E-state index in [0.29, 0.717) is 16.5 Å². The average molecular weight is 328 g/mol. The molecule has 2 nitrogen and oxygen atoms in total. The van der Waals surface area contributed by atoms with Gasteiger partial charge >= 0.3 is 0 Å². The van der Waals surface area contributed by atoms with E-state index < -0.39 is 0 Å². The second-order valence-electron chi connectivity index (χ2n) is 4.60. The Labute approximate surface area is 132 Å². The molecule has 0 aliphatic rings. The Balaban J connectivity index is 2.11. The summed E-state index contributed by atoms with van der Waals surface area (Å²) in [7, 11) is 1.80. The van der Waals surface area contributed by atoms with Gasteiger partial charge in [0.2, 0.25) is 5.91 Å². The third kappa shape index (κ3) is 3.54. The highest BCUT2D eigenvalue weighted by atomic mass is 35.5. The quantitative estimate of drug-likeness (QED) is 0.788. The van der Waals surface area contributed by atoms with Crippen LogP contribution >= 0.6 is 34.5 Å². The Morgan fingerprint density at radius 2 is 2.10 bits per heavy atom. The summed E-state index contributed by atoms with van der Waals surface area (Å²) >= 11 is 13.7. The average Bonchev–Trinajstić information content (AvgIpc) is 2.90. The molecule has 2 rings (SSSR count). The Bertz CT molecular complexity index is 598. The van der Waals surface area contributed by atoms with Crippen molar-refractivity contribution in [2.75, 3.05) is 7.05 Å². The molecule has 1 heterocycles. The molecule has 0 aliphatic heterocycles. The lowest BCUT2D eigenvalue weighted by Gasteiger charge is -2.26. The molecule has 0 aliphatic carbocycles. The van der Waals surface area contributed by atoms with E-state index in [1.807, 2.05) is 30.5 Å². The fourth-order valence-electron chi connectivity index (χ4n) is 1.95. The van der Waals surface area contributed by atoms with Crippen molar-refractivity contribution in [1.82, 2.24) is 4.90 Å². The number of carbonyl (C=O) groups excluding carboxylic acids is 1. The topological polar surface area (TPSA) is 20.3 Å². The van der Waals surface area contributed by atoms with Crippen LogP contribution in [0.15, 0.2) is 35.7 Å². The standard InChI is InChI=1S/C15H15Cl2NOS/c1-10(13-6-5-11(16)8-14(13)17)18(2)15(19)9-12-4-3-7-20-12/h3-8,10H,9H2,1-2H3. The molecule has 0 saturated heterocycles. The number of hydrogen-bond donors (Lipinski definition) is 0. The zero-order valence-corrected chi connectivity index (χ0v) is 13.6. The van der Waals surface area contributed by atoms with Crippen LogP contribution in [0, 0.1) is 0 Å². The van der Waals surface area contributed by atoms with Gasteiger partial charge in [0, 0.05) is 22.0 Å². The number of thiophene rings is 1. The van der Waals surface area contributed by atoms with Crippen molar-refractivity contribution in [3.63, 3.8) is 0 Å². The molecular weight excluding hydrogens is 313 g/mol. The van der Waals surface area contributed by atoms with Crippen molar-refractivity contribution < 1.29 is 4.79 Å². The predicted molar refractivity (Wildman–Crippen MR) is 85.7 cm³/mol. The first-order valence-corrected chi connectivity index (χ1v) is 7.85. The molecule has 0 radical (unpaired) electrons.